The Morgan fingerprint density at radius 3 is 2.63 bits per heavy atom. The van der Waals surface area contributed by atoms with Gasteiger partial charge in [-0.1, -0.05) is 12.1 Å². The molecule has 0 amide bonds. The average molecular weight is 259 g/mol. The van der Waals surface area contributed by atoms with E-state index < -0.39 is 0 Å². The maximum absolute atomic E-state index is 9.82. The lowest BCUT2D eigenvalue weighted by atomic mass is 10.3. The molecule has 0 aliphatic heterocycles. The number of nitrogens with two attached hydrogens (primary N) is 2. The summed E-state index contributed by atoms with van der Waals surface area (Å²) in [5, 5.41) is 26.6. The van der Waals surface area contributed by atoms with E-state index in [0.717, 1.165) is 0 Å². The van der Waals surface area contributed by atoms with Gasteiger partial charge in [-0.05, 0) is 12.1 Å². The minimum Gasteiger partial charge on any atom is -0.506 e. The predicted molar refractivity (Wildman–Crippen MR) is 72.5 cm³/mol. The van der Waals surface area contributed by atoms with Crippen LogP contribution in [0.2, 0.25) is 0 Å². The third-order valence-electron chi connectivity index (χ3n) is 2.34. The van der Waals surface area contributed by atoms with Gasteiger partial charge in [0.25, 0.3) is 0 Å². The molecule has 0 unspecified atom stereocenters. The van der Waals surface area contributed by atoms with Gasteiger partial charge in [-0.2, -0.15) is 5.10 Å². The van der Waals surface area contributed by atoms with E-state index in [4.69, 9.17) is 11.5 Å². The molecular weight excluding hydrogens is 246 g/mol. The van der Waals surface area contributed by atoms with Crippen molar-refractivity contribution in [3.05, 3.63) is 42.1 Å². The third-order valence-corrected chi connectivity index (χ3v) is 2.34. The van der Waals surface area contributed by atoms with Crippen LogP contribution < -0.4 is 11.5 Å². The number of phenols is 1. The SMILES string of the molecule is NC(N)=N/N=C/c1cc(O)n(-c2ccccc2O)c1. The molecule has 0 bridgehead atoms. The van der Waals surface area contributed by atoms with E-state index in [9.17, 15) is 10.2 Å². The van der Waals surface area contributed by atoms with Crippen LogP contribution in [0.15, 0.2) is 46.7 Å². The van der Waals surface area contributed by atoms with E-state index in [-0.39, 0.29) is 17.6 Å². The number of rotatable bonds is 3. The fraction of sp³-hybridized carbons (Fsp3) is 0. The van der Waals surface area contributed by atoms with Crippen LogP contribution in [0.25, 0.3) is 5.69 Å². The fourth-order valence-corrected chi connectivity index (χ4v) is 1.56. The Morgan fingerprint density at radius 1 is 1.21 bits per heavy atom. The lowest BCUT2D eigenvalue weighted by Gasteiger charge is -2.06. The molecule has 6 N–H and O–H groups in total. The second-order valence-corrected chi connectivity index (χ2v) is 3.76. The minimum absolute atomic E-state index is 0.0346. The monoisotopic (exact) mass is 259 g/mol. The van der Waals surface area contributed by atoms with Crippen molar-refractivity contribution in [1.29, 1.82) is 0 Å². The van der Waals surface area contributed by atoms with Gasteiger partial charge in [-0.15, -0.1) is 5.10 Å². The van der Waals surface area contributed by atoms with Crippen molar-refractivity contribution in [1.82, 2.24) is 4.57 Å². The van der Waals surface area contributed by atoms with Crippen molar-refractivity contribution >= 4 is 12.2 Å². The zero-order chi connectivity index (χ0) is 13.8. The van der Waals surface area contributed by atoms with Gasteiger partial charge >= 0.3 is 0 Å². The largest absolute Gasteiger partial charge is 0.506 e. The number of hydrogen-bond acceptors (Lipinski definition) is 4. The number of phenolic OH excluding ortho intramolecular Hbond substituents is 1. The van der Waals surface area contributed by atoms with Gasteiger partial charge in [0.15, 0.2) is 5.88 Å². The summed E-state index contributed by atoms with van der Waals surface area (Å²) in [4.78, 5) is 0. The highest BCUT2D eigenvalue weighted by Gasteiger charge is 2.08. The van der Waals surface area contributed by atoms with Crippen molar-refractivity contribution in [3.8, 4) is 17.3 Å². The molecule has 0 radical (unpaired) electrons. The van der Waals surface area contributed by atoms with Crippen LogP contribution in [0.1, 0.15) is 5.56 Å². The van der Waals surface area contributed by atoms with E-state index in [1.54, 1.807) is 24.4 Å². The highest BCUT2D eigenvalue weighted by atomic mass is 16.3. The molecule has 0 aliphatic rings. The van der Waals surface area contributed by atoms with Gasteiger partial charge in [0.2, 0.25) is 5.96 Å². The molecule has 7 nitrogen and oxygen atoms in total. The zero-order valence-electron chi connectivity index (χ0n) is 9.93. The molecule has 7 heteroatoms. The third kappa shape index (κ3) is 2.83. The number of hydrogen-bond donors (Lipinski definition) is 4. The quantitative estimate of drug-likeness (QED) is 0.364. The van der Waals surface area contributed by atoms with Crippen LogP contribution >= 0.6 is 0 Å². The first-order chi connectivity index (χ1) is 9.08. The first kappa shape index (κ1) is 12.5. The molecule has 2 rings (SSSR count). The normalized spacial score (nSPS) is 10.7. The summed E-state index contributed by atoms with van der Waals surface area (Å²) in [6.07, 6.45) is 2.98. The Labute approximate surface area is 109 Å². The molecule has 0 spiro atoms. The number of aromatic hydroxyl groups is 2. The van der Waals surface area contributed by atoms with Crippen LogP contribution in [0.5, 0.6) is 11.6 Å². The van der Waals surface area contributed by atoms with Gasteiger partial charge in [-0.25, -0.2) is 0 Å². The minimum atomic E-state index is -0.152. The number of guanidine groups is 1. The number of benzene rings is 1. The van der Waals surface area contributed by atoms with Crippen LogP contribution in [0.3, 0.4) is 0 Å². The standard InChI is InChI=1S/C12H13N5O2/c13-12(14)16-15-6-8-5-11(19)17(7-8)9-3-1-2-4-10(9)18/h1-7,18-19H,(H4,13,14,16)/b15-6+. The maximum atomic E-state index is 9.82. The van der Waals surface area contributed by atoms with Crippen LogP contribution in [0, 0.1) is 0 Å². The molecule has 1 aromatic carbocycles. The summed E-state index contributed by atoms with van der Waals surface area (Å²) in [5.74, 6) is -0.130. The van der Waals surface area contributed by atoms with Crippen molar-refractivity contribution in [2.45, 2.75) is 0 Å². The van der Waals surface area contributed by atoms with E-state index in [0.29, 0.717) is 11.3 Å². The number of nitrogens with zero attached hydrogens (tertiary/aromatic N) is 3. The second kappa shape index (κ2) is 5.13. The highest BCUT2D eigenvalue weighted by Crippen LogP contribution is 2.26. The van der Waals surface area contributed by atoms with Gasteiger partial charge in [-0.3, -0.25) is 4.57 Å². The molecule has 2 aromatic rings. The Balaban J connectivity index is 2.35. The molecule has 98 valence electrons. The summed E-state index contributed by atoms with van der Waals surface area (Å²) < 4.78 is 1.42. The fourth-order valence-electron chi connectivity index (χ4n) is 1.56. The summed E-state index contributed by atoms with van der Waals surface area (Å²) >= 11 is 0. The number of aromatic nitrogens is 1. The second-order valence-electron chi connectivity index (χ2n) is 3.76. The Morgan fingerprint density at radius 2 is 1.95 bits per heavy atom. The van der Waals surface area contributed by atoms with Crippen molar-refractivity contribution in [3.63, 3.8) is 0 Å². The van der Waals surface area contributed by atoms with E-state index >= 15 is 0 Å². The molecular formula is C12H13N5O2. The Bertz CT molecular complexity index is 641. The summed E-state index contributed by atoms with van der Waals surface area (Å²) in [6.45, 7) is 0. The average Bonchev–Trinajstić information content (AvgIpc) is 2.70. The first-order valence-corrected chi connectivity index (χ1v) is 5.39. The van der Waals surface area contributed by atoms with Gasteiger partial charge in [0.1, 0.15) is 5.75 Å². The molecule has 0 atom stereocenters. The molecule has 0 aliphatic carbocycles. The lowest BCUT2D eigenvalue weighted by Crippen LogP contribution is -2.21. The Hall–Kier alpha value is -2.96. The topological polar surface area (TPSA) is 122 Å². The first-order valence-electron chi connectivity index (χ1n) is 5.39. The molecule has 1 heterocycles. The summed E-state index contributed by atoms with van der Waals surface area (Å²) in [5.41, 5.74) is 11.3. The molecule has 19 heavy (non-hydrogen) atoms. The molecule has 1 aromatic heterocycles. The lowest BCUT2D eigenvalue weighted by molar-refractivity contribution is 0.434. The van der Waals surface area contributed by atoms with Gasteiger partial charge < -0.3 is 21.7 Å². The molecule has 0 saturated carbocycles. The summed E-state index contributed by atoms with van der Waals surface area (Å²) in [6, 6.07) is 8.12. The van der Waals surface area contributed by atoms with E-state index in [1.807, 2.05) is 0 Å². The van der Waals surface area contributed by atoms with Crippen molar-refractivity contribution in [2.24, 2.45) is 21.7 Å². The highest BCUT2D eigenvalue weighted by molar-refractivity contribution is 5.82. The smallest absolute Gasteiger partial charge is 0.211 e. The predicted octanol–water partition coefficient (Wildman–Crippen LogP) is 0.496. The molecule has 0 fully saturated rings. The van der Waals surface area contributed by atoms with Crippen molar-refractivity contribution in [2.75, 3.05) is 0 Å². The maximum Gasteiger partial charge on any atom is 0.211 e. The summed E-state index contributed by atoms with van der Waals surface area (Å²) in [7, 11) is 0. The van der Waals surface area contributed by atoms with Crippen LogP contribution in [-0.4, -0.2) is 27.0 Å². The van der Waals surface area contributed by atoms with Crippen molar-refractivity contribution < 1.29 is 10.2 Å². The van der Waals surface area contributed by atoms with Crippen LogP contribution in [-0.2, 0) is 0 Å². The van der Waals surface area contributed by atoms with Crippen LogP contribution in [0.4, 0.5) is 0 Å². The van der Waals surface area contributed by atoms with E-state index in [2.05, 4.69) is 10.2 Å². The van der Waals surface area contributed by atoms with Gasteiger partial charge in [0.05, 0.1) is 11.9 Å². The Kier molecular flexibility index (Phi) is 3.37. The van der Waals surface area contributed by atoms with E-state index in [1.165, 1.54) is 22.9 Å². The van der Waals surface area contributed by atoms with Gasteiger partial charge in [0, 0.05) is 17.8 Å². The number of para-hydroxylation sites is 2. The molecule has 0 saturated heterocycles. The zero-order valence-corrected chi connectivity index (χ0v) is 9.93.